The van der Waals surface area contributed by atoms with Crippen molar-refractivity contribution < 1.29 is 26.3 Å². The van der Waals surface area contributed by atoms with E-state index in [1.54, 1.807) is 0 Å². The van der Waals surface area contributed by atoms with Crippen molar-refractivity contribution in [3.8, 4) is 0 Å². The lowest BCUT2D eigenvalue weighted by molar-refractivity contribution is -0.0164. The Morgan fingerprint density at radius 3 is 2.21 bits per heavy atom. The maximum atomic E-state index is 11.9. The van der Waals surface area contributed by atoms with Gasteiger partial charge in [0.1, 0.15) is 12.2 Å². The van der Waals surface area contributed by atoms with Gasteiger partial charge in [-0.3, -0.25) is 0 Å². The fourth-order valence-corrected chi connectivity index (χ4v) is 5.04. The number of rotatable bonds is 7. The highest BCUT2D eigenvalue weighted by atomic mass is 32.3. The molecule has 2 aromatic rings. The molecule has 1 heterocycles. The first-order valence-corrected chi connectivity index (χ1v) is 10.7. The van der Waals surface area contributed by atoms with Crippen molar-refractivity contribution in [2.45, 2.75) is 44.9 Å². The summed E-state index contributed by atoms with van der Waals surface area (Å²) in [5.41, 5.74) is 1.56. The van der Waals surface area contributed by atoms with Gasteiger partial charge >= 0.3 is 10.4 Å². The normalized spacial score (nSPS) is 31.0. The molecule has 1 aliphatic heterocycles. The molecule has 28 heavy (non-hydrogen) atoms. The minimum Gasteiger partial charge on any atom is -0.376 e. The largest absolute Gasteiger partial charge is 0.400 e. The van der Waals surface area contributed by atoms with Crippen LogP contribution < -0.4 is 0 Å². The van der Waals surface area contributed by atoms with Crippen LogP contribution in [0.1, 0.15) is 24.5 Å². The zero-order chi connectivity index (χ0) is 19.6. The second-order valence-corrected chi connectivity index (χ2v) is 8.86. The van der Waals surface area contributed by atoms with Gasteiger partial charge in [0.25, 0.3) is 0 Å². The van der Waals surface area contributed by atoms with E-state index >= 15 is 0 Å². The first-order chi connectivity index (χ1) is 13.5. The summed E-state index contributed by atoms with van der Waals surface area (Å²) in [5, 5.41) is 0. The van der Waals surface area contributed by atoms with Crippen LogP contribution in [0.2, 0.25) is 0 Å². The molecule has 7 heteroatoms. The van der Waals surface area contributed by atoms with E-state index in [0.717, 1.165) is 11.1 Å². The van der Waals surface area contributed by atoms with Crippen molar-refractivity contribution in [1.82, 2.24) is 0 Å². The predicted molar refractivity (Wildman–Crippen MR) is 103 cm³/mol. The molecule has 1 aliphatic carbocycles. The molecule has 0 N–H and O–H groups in total. The number of hydrogen-bond acceptors (Lipinski definition) is 6. The van der Waals surface area contributed by atoms with E-state index in [1.807, 2.05) is 67.6 Å². The van der Waals surface area contributed by atoms with Gasteiger partial charge in [-0.05, 0) is 17.5 Å². The quantitative estimate of drug-likeness (QED) is 0.706. The van der Waals surface area contributed by atoms with E-state index in [9.17, 15) is 8.42 Å². The van der Waals surface area contributed by atoms with Crippen molar-refractivity contribution in [2.24, 2.45) is 5.41 Å². The summed E-state index contributed by atoms with van der Waals surface area (Å²) in [6.45, 7) is 3.16. The van der Waals surface area contributed by atoms with Crippen molar-refractivity contribution in [3.05, 3.63) is 71.8 Å². The summed E-state index contributed by atoms with van der Waals surface area (Å²) in [4.78, 5) is 0. The van der Waals surface area contributed by atoms with Crippen LogP contribution in [-0.2, 0) is 41.5 Å². The Morgan fingerprint density at radius 1 is 0.964 bits per heavy atom. The Hall–Kier alpha value is -1.77. The Kier molecular flexibility index (Phi) is 5.53. The molecule has 4 rings (SSSR count). The third-order valence-electron chi connectivity index (χ3n) is 5.32. The molecular weight excluding hydrogens is 380 g/mol. The van der Waals surface area contributed by atoms with Crippen LogP contribution >= 0.6 is 0 Å². The summed E-state index contributed by atoms with van der Waals surface area (Å²) in [5.74, 6) is 0. The first-order valence-electron chi connectivity index (χ1n) is 9.34. The zero-order valence-electron chi connectivity index (χ0n) is 15.7. The fraction of sp³-hybridized carbons (Fsp3) is 0.429. The van der Waals surface area contributed by atoms with Crippen LogP contribution in [0.5, 0.6) is 0 Å². The lowest BCUT2D eigenvalue weighted by Crippen LogP contribution is -2.36. The summed E-state index contributed by atoms with van der Waals surface area (Å²) >= 11 is 0. The highest BCUT2D eigenvalue weighted by Crippen LogP contribution is 2.48. The number of hydrogen-bond donors (Lipinski definition) is 0. The topological polar surface area (TPSA) is 71.1 Å². The zero-order valence-corrected chi connectivity index (χ0v) is 16.5. The first kappa shape index (κ1) is 19.5. The van der Waals surface area contributed by atoms with Gasteiger partial charge in [-0.15, -0.1) is 0 Å². The Bertz CT molecular complexity index is 886. The molecule has 2 aliphatic rings. The SMILES string of the molecule is C[C@@]1(COCc2ccccc2)C[C@H](OCc2ccccc2)[C@H]2OS(=O)(=O)O[C@H]21. The lowest BCUT2D eigenvalue weighted by atomic mass is 9.87. The van der Waals surface area contributed by atoms with Crippen molar-refractivity contribution in [1.29, 1.82) is 0 Å². The van der Waals surface area contributed by atoms with Crippen LogP contribution in [0.4, 0.5) is 0 Å². The van der Waals surface area contributed by atoms with Gasteiger partial charge in [0, 0.05) is 5.41 Å². The van der Waals surface area contributed by atoms with E-state index in [4.69, 9.17) is 17.8 Å². The standard InChI is InChI=1S/C21H24O6S/c1-21(15-24-13-16-8-4-2-5-9-16)12-18(19-20(21)27-28(22,23)26-19)25-14-17-10-6-3-7-11-17/h2-11,18-20H,12-15H2,1H3/t18-,19+,20+,21-/m0/s1. The van der Waals surface area contributed by atoms with Crippen LogP contribution in [-0.4, -0.2) is 33.3 Å². The van der Waals surface area contributed by atoms with Gasteiger partial charge in [0.2, 0.25) is 0 Å². The number of benzene rings is 2. The molecule has 2 fully saturated rings. The number of fused-ring (bicyclic) bond motifs is 1. The summed E-state index contributed by atoms with van der Waals surface area (Å²) in [7, 11) is -4.01. The second kappa shape index (κ2) is 7.93. The fourth-order valence-electron chi connectivity index (χ4n) is 3.90. The average Bonchev–Trinajstić information content (AvgIpc) is 3.14. The lowest BCUT2D eigenvalue weighted by Gasteiger charge is -2.28. The molecule has 0 unspecified atom stereocenters. The van der Waals surface area contributed by atoms with Gasteiger partial charge in [-0.25, -0.2) is 8.37 Å². The third kappa shape index (κ3) is 4.29. The monoisotopic (exact) mass is 404 g/mol. The third-order valence-corrected chi connectivity index (χ3v) is 6.22. The molecule has 1 saturated carbocycles. The molecule has 0 amide bonds. The van der Waals surface area contributed by atoms with E-state index in [-0.39, 0.29) is 6.10 Å². The van der Waals surface area contributed by atoms with Gasteiger partial charge in [-0.1, -0.05) is 67.6 Å². The minimum absolute atomic E-state index is 0.354. The van der Waals surface area contributed by atoms with E-state index in [1.165, 1.54) is 0 Å². The van der Waals surface area contributed by atoms with Crippen LogP contribution in [0.15, 0.2) is 60.7 Å². The van der Waals surface area contributed by atoms with E-state index in [2.05, 4.69) is 0 Å². The molecule has 1 saturated heterocycles. The van der Waals surface area contributed by atoms with E-state index in [0.29, 0.717) is 26.2 Å². The molecule has 2 aromatic carbocycles. The maximum absolute atomic E-state index is 11.9. The molecule has 6 nitrogen and oxygen atoms in total. The Balaban J connectivity index is 1.43. The molecule has 4 atom stereocenters. The van der Waals surface area contributed by atoms with Crippen LogP contribution in [0.3, 0.4) is 0 Å². The van der Waals surface area contributed by atoms with Crippen molar-refractivity contribution in [2.75, 3.05) is 6.61 Å². The van der Waals surface area contributed by atoms with Gasteiger partial charge < -0.3 is 9.47 Å². The molecule has 0 radical (unpaired) electrons. The number of ether oxygens (including phenoxy) is 2. The van der Waals surface area contributed by atoms with Gasteiger partial charge in [0.15, 0.2) is 0 Å². The summed E-state index contributed by atoms with van der Waals surface area (Å²) in [6.07, 6.45) is -1.06. The van der Waals surface area contributed by atoms with Crippen molar-refractivity contribution >= 4 is 10.4 Å². The molecule has 0 spiro atoms. The van der Waals surface area contributed by atoms with Crippen LogP contribution in [0.25, 0.3) is 0 Å². The average molecular weight is 404 g/mol. The molecule has 0 aromatic heterocycles. The Labute approximate surface area is 165 Å². The van der Waals surface area contributed by atoms with Crippen molar-refractivity contribution in [3.63, 3.8) is 0 Å². The summed E-state index contributed by atoms with van der Waals surface area (Å²) in [6, 6.07) is 19.6. The molecule has 150 valence electrons. The molecule has 0 bridgehead atoms. The van der Waals surface area contributed by atoms with E-state index < -0.39 is 28.0 Å². The highest BCUT2D eigenvalue weighted by molar-refractivity contribution is 7.82. The molecular formula is C21H24O6S. The Morgan fingerprint density at radius 2 is 1.57 bits per heavy atom. The minimum atomic E-state index is -4.01. The van der Waals surface area contributed by atoms with Gasteiger partial charge in [0.05, 0.1) is 25.9 Å². The summed E-state index contributed by atoms with van der Waals surface area (Å²) < 4.78 is 46.2. The predicted octanol–water partition coefficient (Wildman–Crippen LogP) is 3.23. The maximum Gasteiger partial charge on any atom is 0.400 e. The van der Waals surface area contributed by atoms with Crippen LogP contribution in [0, 0.1) is 5.41 Å². The smallest absolute Gasteiger partial charge is 0.376 e. The highest BCUT2D eigenvalue weighted by Gasteiger charge is 2.60. The second-order valence-electron chi connectivity index (χ2n) is 7.66. The van der Waals surface area contributed by atoms with Gasteiger partial charge in [-0.2, -0.15) is 8.42 Å².